The van der Waals surface area contributed by atoms with E-state index in [2.05, 4.69) is 20.8 Å². The first-order chi connectivity index (χ1) is 14.9. The summed E-state index contributed by atoms with van der Waals surface area (Å²) in [6.45, 7) is 6.74. The molecule has 0 spiro atoms. The van der Waals surface area contributed by atoms with Crippen LogP contribution in [0.15, 0.2) is 0 Å². The van der Waals surface area contributed by atoms with Crippen LogP contribution < -0.4 is 0 Å². The van der Waals surface area contributed by atoms with Crippen LogP contribution in [0, 0.1) is 46.3 Å². The van der Waals surface area contributed by atoms with Gasteiger partial charge in [0.05, 0.1) is 0 Å². The van der Waals surface area contributed by atoms with Gasteiger partial charge in [0.15, 0.2) is 12.6 Å². The molecule has 4 aliphatic rings. The SMILES string of the molecule is C[C@H](CCC(=O)O)[C@H]1CC[C@H]2[C@H]3[C@H](CC[C@]12C)[C@@]1(C)CC[C@@](O)(C=O)CC1C[C@@]3(O)C=O. The topological polar surface area (TPSA) is 112 Å². The Labute approximate surface area is 191 Å². The van der Waals surface area contributed by atoms with Gasteiger partial charge in [-0.3, -0.25) is 4.79 Å². The number of rotatable bonds is 6. The van der Waals surface area contributed by atoms with Crippen LogP contribution in [0.25, 0.3) is 0 Å². The molecule has 4 fully saturated rings. The Kier molecular flexibility index (Phi) is 5.89. The second-order valence-electron chi connectivity index (χ2n) is 12.3. The van der Waals surface area contributed by atoms with Crippen molar-refractivity contribution in [1.82, 2.24) is 0 Å². The van der Waals surface area contributed by atoms with E-state index in [0.717, 1.165) is 38.4 Å². The molecule has 0 aromatic rings. The fourth-order valence-electron chi connectivity index (χ4n) is 9.11. The summed E-state index contributed by atoms with van der Waals surface area (Å²) in [5.74, 6) is 0.205. The van der Waals surface area contributed by atoms with E-state index in [1.165, 1.54) is 0 Å². The molecule has 1 unspecified atom stereocenters. The van der Waals surface area contributed by atoms with Crippen molar-refractivity contribution >= 4 is 18.5 Å². The average Bonchev–Trinajstić information content (AvgIpc) is 3.10. The molecule has 4 saturated carbocycles. The van der Waals surface area contributed by atoms with E-state index in [9.17, 15) is 24.6 Å². The lowest BCUT2D eigenvalue weighted by Crippen LogP contribution is -2.65. The second kappa shape index (κ2) is 7.90. The van der Waals surface area contributed by atoms with E-state index in [1.807, 2.05) is 0 Å². The highest BCUT2D eigenvalue weighted by Crippen LogP contribution is 2.70. The summed E-state index contributed by atoms with van der Waals surface area (Å²) < 4.78 is 0. The van der Waals surface area contributed by atoms with Gasteiger partial charge >= 0.3 is 5.97 Å². The standard InChI is InChI=1S/C26H40O6/c1-16(4-7-21(29)30)18-5-6-19-22-20(8-9-24(18,19)3)23(2)10-11-25(31,14-27)12-17(23)13-26(22,32)15-28/h14-20,22,31-32H,4-13H2,1-3H3,(H,29,30)/t16-,17?,18-,19+,20+,22+,23+,24-,25+,26-/m1/s1. The number of carbonyl (C=O) groups excluding carboxylic acids is 2. The first kappa shape index (κ1) is 23.9. The fraction of sp³-hybridized carbons (Fsp3) is 0.885. The molecule has 0 aromatic heterocycles. The number of carbonyl (C=O) groups is 3. The largest absolute Gasteiger partial charge is 0.481 e. The Morgan fingerprint density at radius 2 is 1.66 bits per heavy atom. The molecular formula is C26H40O6. The van der Waals surface area contributed by atoms with Crippen molar-refractivity contribution in [2.24, 2.45) is 46.3 Å². The third-order valence-corrected chi connectivity index (χ3v) is 10.9. The lowest BCUT2D eigenvalue weighted by molar-refractivity contribution is -0.217. The number of hydrogen-bond donors (Lipinski definition) is 3. The Hall–Kier alpha value is -1.27. The van der Waals surface area contributed by atoms with Crippen molar-refractivity contribution in [3.8, 4) is 0 Å². The van der Waals surface area contributed by atoms with Crippen LogP contribution in [0.5, 0.6) is 0 Å². The number of fused-ring (bicyclic) bond motifs is 5. The number of aliphatic hydroxyl groups is 2. The lowest BCUT2D eigenvalue weighted by atomic mass is 9.40. The molecule has 180 valence electrons. The summed E-state index contributed by atoms with van der Waals surface area (Å²) in [5, 5.41) is 31.5. The van der Waals surface area contributed by atoms with Gasteiger partial charge in [-0.2, -0.15) is 0 Å². The maximum atomic E-state index is 12.4. The Morgan fingerprint density at radius 3 is 2.28 bits per heavy atom. The fourth-order valence-corrected chi connectivity index (χ4v) is 9.11. The maximum Gasteiger partial charge on any atom is 0.303 e. The van der Waals surface area contributed by atoms with Gasteiger partial charge in [-0.05, 0) is 98.2 Å². The molecule has 10 atom stereocenters. The van der Waals surface area contributed by atoms with Crippen molar-refractivity contribution in [1.29, 1.82) is 0 Å². The van der Waals surface area contributed by atoms with Crippen molar-refractivity contribution in [3.05, 3.63) is 0 Å². The summed E-state index contributed by atoms with van der Waals surface area (Å²) >= 11 is 0. The Bertz CT molecular complexity index is 782. The van der Waals surface area contributed by atoms with E-state index in [0.29, 0.717) is 43.8 Å². The second-order valence-corrected chi connectivity index (χ2v) is 12.3. The summed E-state index contributed by atoms with van der Waals surface area (Å²) in [6.07, 6.45) is 8.02. The number of hydrogen-bond acceptors (Lipinski definition) is 5. The van der Waals surface area contributed by atoms with E-state index in [1.54, 1.807) is 0 Å². The van der Waals surface area contributed by atoms with Crippen LogP contribution in [0.2, 0.25) is 0 Å². The van der Waals surface area contributed by atoms with E-state index < -0.39 is 17.2 Å². The van der Waals surface area contributed by atoms with Gasteiger partial charge in [0.1, 0.15) is 11.2 Å². The summed E-state index contributed by atoms with van der Waals surface area (Å²) in [7, 11) is 0. The lowest BCUT2D eigenvalue weighted by Gasteiger charge is -2.65. The zero-order valence-corrected chi connectivity index (χ0v) is 19.8. The van der Waals surface area contributed by atoms with E-state index >= 15 is 0 Å². The molecule has 0 amide bonds. The Morgan fingerprint density at radius 1 is 0.969 bits per heavy atom. The van der Waals surface area contributed by atoms with Crippen molar-refractivity contribution in [2.75, 3.05) is 0 Å². The molecule has 0 heterocycles. The van der Waals surface area contributed by atoms with Crippen molar-refractivity contribution in [3.63, 3.8) is 0 Å². The highest BCUT2D eigenvalue weighted by atomic mass is 16.4. The zero-order valence-electron chi connectivity index (χ0n) is 19.8. The number of carboxylic acid groups (broad SMARTS) is 1. The third kappa shape index (κ3) is 3.48. The third-order valence-electron chi connectivity index (χ3n) is 10.9. The smallest absolute Gasteiger partial charge is 0.303 e. The number of carboxylic acids is 1. The van der Waals surface area contributed by atoms with Crippen LogP contribution in [-0.4, -0.2) is 45.1 Å². The normalized spacial score (nSPS) is 51.1. The van der Waals surface area contributed by atoms with Gasteiger partial charge in [0, 0.05) is 12.3 Å². The summed E-state index contributed by atoms with van der Waals surface area (Å²) in [6, 6.07) is 0. The number of aliphatic carboxylic acids is 1. The summed E-state index contributed by atoms with van der Waals surface area (Å²) in [4.78, 5) is 35.0. The molecule has 6 heteroatoms. The molecular weight excluding hydrogens is 408 g/mol. The first-order valence-electron chi connectivity index (χ1n) is 12.5. The van der Waals surface area contributed by atoms with Crippen LogP contribution in [0.3, 0.4) is 0 Å². The molecule has 3 N–H and O–H groups in total. The minimum absolute atomic E-state index is 0.00251. The van der Waals surface area contributed by atoms with Gasteiger partial charge < -0.3 is 24.9 Å². The molecule has 0 aliphatic heterocycles. The average molecular weight is 449 g/mol. The molecule has 4 rings (SSSR count). The number of aldehydes is 2. The predicted octanol–water partition coefficient (Wildman–Crippen LogP) is 3.62. The summed E-state index contributed by atoms with van der Waals surface area (Å²) in [5.41, 5.74) is -2.87. The molecule has 32 heavy (non-hydrogen) atoms. The molecule has 0 radical (unpaired) electrons. The molecule has 6 nitrogen and oxygen atoms in total. The van der Waals surface area contributed by atoms with E-state index in [4.69, 9.17) is 5.11 Å². The first-order valence-corrected chi connectivity index (χ1v) is 12.5. The van der Waals surface area contributed by atoms with Gasteiger partial charge in [-0.1, -0.05) is 20.8 Å². The van der Waals surface area contributed by atoms with Crippen LogP contribution >= 0.6 is 0 Å². The molecule has 0 saturated heterocycles. The van der Waals surface area contributed by atoms with E-state index in [-0.39, 0.29) is 40.9 Å². The maximum absolute atomic E-state index is 12.4. The highest BCUT2D eigenvalue weighted by Gasteiger charge is 2.67. The molecule has 0 aromatic carbocycles. The Balaban J connectivity index is 1.65. The highest BCUT2D eigenvalue weighted by molar-refractivity contribution is 5.66. The van der Waals surface area contributed by atoms with Crippen LogP contribution in [-0.2, 0) is 14.4 Å². The minimum Gasteiger partial charge on any atom is -0.481 e. The monoisotopic (exact) mass is 448 g/mol. The quantitative estimate of drug-likeness (QED) is 0.535. The van der Waals surface area contributed by atoms with Gasteiger partial charge in [0.2, 0.25) is 0 Å². The van der Waals surface area contributed by atoms with Crippen LogP contribution in [0.4, 0.5) is 0 Å². The van der Waals surface area contributed by atoms with Gasteiger partial charge in [-0.15, -0.1) is 0 Å². The van der Waals surface area contributed by atoms with Crippen LogP contribution in [0.1, 0.15) is 85.0 Å². The van der Waals surface area contributed by atoms with Gasteiger partial charge in [-0.25, -0.2) is 0 Å². The molecule has 4 aliphatic carbocycles. The predicted molar refractivity (Wildman–Crippen MR) is 119 cm³/mol. The molecule has 0 bridgehead atoms. The van der Waals surface area contributed by atoms with Crippen molar-refractivity contribution < 1.29 is 29.7 Å². The van der Waals surface area contributed by atoms with Crippen molar-refractivity contribution in [2.45, 2.75) is 96.2 Å². The minimum atomic E-state index is -1.43. The zero-order chi connectivity index (χ0) is 23.5. The van der Waals surface area contributed by atoms with Gasteiger partial charge in [0.25, 0.3) is 0 Å².